The monoisotopic (exact) mass is 413 g/mol. The van der Waals surface area contributed by atoms with Gasteiger partial charge in [0.25, 0.3) is 5.91 Å². The number of carbonyl (C=O) groups excluding carboxylic acids is 2. The number of hydrogen-bond acceptors (Lipinski definition) is 7. The van der Waals surface area contributed by atoms with Crippen LogP contribution in [0.2, 0.25) is 0 Å². The summed E-state index contributed by atoms with van der Waals surface area (Å²) < 4.78 is 27.5. The normalized spacial score (nSPS) is 19.2. The van der Waals surface area contributed by atoms with Gasteiger partial charge in [-0.05, 0) is 31.4 Å². The number of pyridine rings is 1. The number of carbonyl (C=O) groups is 2. The third kappa shape index (κ3) is 4.79. The number of hydrogen-bond donors (Lipinski definition) is 2. The molecule has 2 rings (SSSR count). The second-order valence-electron chi connectivity index (χ2n) is 7.25. The predicted octanol–water partition coefficient (Wildman–Crippen LogP) is 1.84. The number of rotatable bonds is 9. The summed E-state index contributed by atoms with van der Waals surface area (Å²) >= 11 is 0. The van der Waals surface area contributed by atoms with Crippen LogP contribution < -0.4 is 10.4 Å². The molecule has 10 heteroatoms. The minimum Gasteiger partial charge on any atom is -0.444 e. The maximum atomic E-state index is 12.2. The number of nitrogens with one attached hydrogen (secondary N) is 1. The standard InChI is InChI=1S/C18H27N3O6S/c1-4-5-6-7-13-8-9-15(19-11-13)21-12-14(27-17(21)23)10-18(2,16(22)20-24)28(3,25)26/h8-9,11,14,24H,4-7,10,12H2,1-3H3,(H,20,22)/t14-,18+/m0/s1. The summed E-state index contributed by atoms with van der Waals surface area (Å²) in [4.78, 5) is 29.8. The van der Waals surface area contributed by atoms with Gasteiger partial charge in [0.1, 0.15) is 11.9 Å². The van der Waals surface area contributed by atoms with Crippen molar-refractivity contribution < 1.29 is 28.0 Å². The van der Waals surface area contributed by atoms with Gasteiger partial charge >= 0.3 is 6.09 Å². The van der Waals surface area contributed by atoms with Crippen LogP contribution in [-0.2, 0) is 25.8 Å². The molecule has 0 saturated carbocycles. The van der Waals surface area contributed by atoms with Crippen molar-refractivity contribution in [3.63, 3.8) is 0 Å². The lowest BCUT2D eigenvalue weighted by molar-refractivity contribution is -0.132. The fraction of sp³-hybridized carbons (Fsp3) is 0.611. The molecule has 0 unspecified atom stereocenters. The molecule has 2 atom stereocenters. The lowest BCUT2D eigenvalue weighted by atomic mass is 10.0. The SMILES string of the molecule is CCCCCc1ccc(N2C[C@H](C[C@](C)(C(=O)NO)S(C)(=O)=O)OC2=O)nc1. The van der Waals surface area contributed by atoms with E-state index in [1.807, 2.05) is 6.07 Å². The zero-order valence-corrected chi connectivity index (χ0v) is 17.2. The Morgan fingerprint density at radius 1 is 1.43 bits per heavy atom. The van der Waals surface area contributed by atoms with E-state index in [1.165, 1.54) is 17.3 Å². The van der Waals surface area contributed by atoms with Crippen LogP contribution in [0, 0.1) is 0 Å². The third-order valence-corrected chi connectivity index (χ3v) is 7.03. The number of aromatic nitrogens is 1. The number of cyclic esters (lactones) is 1. The van der Waals surface area contributed by atoms with Gasteiger partial charge in [0.2, 0.25) is 0 Å². The van der Waals surface area contributed by atoms with Crippen LogP contribution in [0.1, 0.15) is 45.1 Å². The number of hydroxylamine groups is 1. The van der Waals surface area contributed by atoms with Gasteiger partial charge in [0.15, 0.2) is 14.6 Å². The highest BCUT2D eigenvalue weighted by Gasteiger charge is 2.48. The van der Waals surface area contributed by atoms with Gasteiger partial charge < -0.3 is 4.74 Å². The van der Waals surface area contributed by atoms with E-state index in [0.29, 0.717) is 5.82 Å². The molecule has 156 valence electrons. The molecule has 28 heavy (non-hydrogen) atoms. The number of nitrogens with zero attached hydrogens (tertiary/aromatic N) is 2. The number of amides is 2. The number of anilines is 1. The zero-order chi connectivity index (χ0) is 20.9. The van der Waals surface area contributed by atoms with Gasteiger partial charge in [-0.25, -0.2) is 23.7 Å². The maximum Gasteiger partial charge on any atom is 0.415 e. The van der Waals surface area contributed by atoms with Crippen molar-refractivity contribution in [1.82, 2.24) is 10.5 Å². The Morgan fingerprint density at radius 3 is 2.68 bits per heavy atom. The Bertz CT molecular complexity index is 811. The van der Waals surface area contributed by atoms with Crippen LogP contribution in [0.4, 0.5) is 10.6 Å². The van der Waals surface area contributed by atoms with E-state index in [4.69, 9.17) is 9.94 Å². The van der Waals surface area contributed by atoms with Crippen molar-refractivity contribution in [3.05, 3.63) is 23.9 Å². The molecule has 0 radical (unpaired) electrons. The number of aryl methyl sites for hydroxylation is 1. The number of ether oxygens (including phenoxy) is 1. The first kappa shape index (κ1) is 22.1. The molecule has 2 heterocycles. The molecular weight excluding hydrogens is 386 g/mol. The summed E-state index contributed by atoms with van der Waals surface area (Å²) in [7, 11) is -3.88. The highest BCUT2D eigenvalue weighted by molar-refractivity contribution is 7.92. The van der Waals surface area contributed by atoms with Crippen LogP contribution in [0.5, 0.6) is 0 Å². The molecule has 2 N–H and O–H groups in total. The topological polar surface area (TPSA) is 126 Å². The highest BCUT2D eigenvalue weighted by Crippen LogP contribution is 2.29. The van der Waals surface area contributed by atoms with Crippen LogP contribution in [0.15, 0.2) is 18.3 Å². The molecule has 0 bridgehead atoms. The van der Waals surface area contributed by atoms with Crippen molar-refractivity contribution in [3.8, 4) is 0 Å². The predicted molar refractivity (Wildman–Crippen MR) is 103 cm³/mol. The minimum atomic E-state index is -3.88. The number of unbranched alkanes of at least 4 members (excludes halogenated alkanes) is 2. The lowest BCUT2D eigenvalue weighted by Gasteiger charge is -2.26. The van der Waals surface area contributed by atoms with Gasteiger partial charge in [-0.1, -0.05) is 25.8 Å². The first-order chi connectivity index (χ1) is 13.1. The summed E-state index contributed by atoms with van der Waals surface area (Å²) in [6.45, 7) is 3.38. The van der Waals surface area contributed by atoms with Gasteiger partial charge in [-0.2, -0.15) is 0 Å². The van der Waals surface area contributed by atoms with Crippen molar-refractivity contribution in [2.24, 2.45) is 0 Å². The quantitative estimate of drug-likeness (QED) is 0.359. The van der Waals surface area contributed by atoms with Crippen LogP contribution in [0.25, 0.3) is 0 Å². The zero-order valence-electron chi connectivity index (χ0n) is 16.3. The van der Waals surface area contributed by atoms with Crippen molar-refractivity contribution in [2.45, 2.75) is 56.8 Å². The Kier molecular flexibility index (Phi) is 7.00. The Balaban J connectivity index is 2.09. The molecule has 1 aromatic heterocycles. The second-order valence-corrected chi connectivity index (χ2v) is 9.69. The number of sulfone groups is 1. The lowest BCUT2D eigenvalue weighted by Crippen LogP contribution is -2.51. The smallest absolute Gasteiger partial charge is 0.415 e. The molecule has 0 aliphatic carbocycles. The maximum absolute atomic E-state index is 12.2. The van der Waals surface area contributed by atoms with Gasteiger partial charge in [0.05, 0.1) is 6.54 Å². The fourth-order valence-electron chi connectivity index (χ4n) is 3.08. The van der Waals surface area contributed by atoms with E-state index >= 15 is 0 Å². The van der Waals surface area contributed by atoms with E-state index in [-0.39, 0.29) is 13.0 Å². The second kappa shape index (κ2) is 8.87. The largest absolute Gasteiger partial charge is 0.444 e. The summed E-state index contributed by atoms with van der Waals surface area (Å²) in [6, 6.07) is 3.62. The molecule has 9 nitrogen and oxygen atoms in total. The third-order valence-electron chi connectivity index (χ3n) is 5.05. The summed E-state index contributed by atoms with van der Waals surface area (Å²) in [5.74, 6) is -0.668. The van der Waals surface area contributed by atoms with E-state index in [9.17, 15) is 18.0 Å². The molecule has 1 aromatic rings. The molecule has 2 amide bonds. The van der Waals surface area contributed by atoms with Crippen LogP contribution in [-0.4, -0.2) is 54.3 Å². The summed E-state index contributed by atoms with van der Waals surface area (Å²) in [5, 5.41) is 8.90. The van der Waals surface area contributed by atoms with Gasteiger partial charge in [0, 0.05) is 18.9 Å². The highest BCUT2D eigenvalue weighted by atomic mass is 32.2. The Morgan fingerprint density at radius 2 is 2.14 bits per heavy atom. The molecule has 1 saturated heterocycles. The van der Waals surface area contributed by atoms with E-state index in [1.54, 1.807) is 12.3 Å². The van der Waals surface area contributed by atoms with Crippen LogP contribution >= 0.6 is 0 Å². The Labute approximate surface area is 165 Å². The molecule has 0 aromatic carbocycles. The molecule has 1 aliphatic heterocycles. The van der Waals surface area contributed by atoms with Gasteiger partial charge in [-0.15, -0.1) is 0 Å². The summed E-state index contributed by atoms with van der Waals surface area (Å²) in [6.07, 6.45) is 5.10. The summed E-state index contributed by atoms with van der Waals surface area (Å²) in [5.41, 5.74) is 2.46. The fourth-order valence-corrected chi connectivity index (χ4v) is 3.95. The van der Waals surface area contributed by atoms with Crippen molar-refractivity contribution in [2.75, 3.05) is 17.7 Å². The van der Waals surface area contributed by atoms with Crippen molar-refractivity contribution in [1.29, 1.82) is 0 Å². The first-order valence-corrected chi connectivity index (χ1v) is 11.1. The Hall–Kier alpha value is -2.20. The molecule has 0 spiro atoms. The average Bonchev–Trinajstić information content (AvgIpc) is 3.00. The van der Waals surface area contributed by atoms with E-state index in [2.05, 4.69) is 11.9 Å². The van der Waals surface area contributed by atoms with Gasteiger partial charge in [-0.3, -0.25) is 14.9 Å². The molecule has 1 fully saturated rings. The molecule has 1 aliphatic rings. The average molecular weight is 413 g/mol. The first-order valence-electron chi connectivity index (χ1n) is 9.19. The molecular formula is C18H27N3O6S. The van der Waals surface area contributed by atoms with E-state index < -0.39 is 32.7 Å². The van der Waals surface area contributed by atoms with Crippen molar-refractivity contribution >= 4 is 27.7 Å². The minimum absolute atomic E-state index is 0.0604. The van der Waals surface area contributed by atoms with E-state index in [0.717, 1.165) is 37.5 Å². The van der Waals surface area contributed by atoms with Crippen LogP contribution in [0.3, 0.4) is 0 Å².